The zero-order chi connectivity index (χ0) is 12.0. The van der Waals surface area contributed by atoms with Crippen LogP contribution < -0.4 is 15.2 Å². The Morgan fingerprint density at radius 3 is 2.75 bits per heavy atom. The summed E-state index contributed by atoms with van der Waals surface area (Å²) in [6.45, 7) is 3.84. The Balaban J connectivity index is 3.00. The molecule has 0 aromatic heterocycles. The van der Waals surface area contributed by atoms with Gasteiger partial charge in [0, 0.05) is 11.8 Å². The second-order valence-electron chi connectivity index (χ2n) is 3.27. The summed E-state index contributed by atoms with van der Waals surface area (Å²) in [5.74, 6) is 1.15. The second kappa shape index (κ2) is 6.02. The average molecular weight is 223 g/mol. The Hall–Kier alpha value is -1.68. The third-order valence-corrected chi connectivity index (χ3v) is 2.14. The molecule has 4 nitrogen and oxygen atoms in total. The van der Waals surface area contributed by atoms with Gasteiger partial charge in [0.1, 0.15) is 6.61 Å². The van der Waals surface area contributed by atoms with Crippen molar-refractivity contribution in [3.8, 4) is 11.5 Å². The summed E-state index contributed by atoms with van der Waals surface area (Å²) < 4.78 is 10.5. The van der Waals surface area contributed by atoms with Crippen LogP contribution in [0.4, 0.5) is 5.69 Å². The van der Waals surface area contributed by atoms with E-state index in [-0.39, 0.29) is 13.2 Å². The van der Waals surface area contributed by atoms with Crippen LogP contribution in [-0.4, -0.2) is 25.4 Å². The number of rotatable bonds is 6. The number of allylic oxidation sites excluding steroid dienone is 1. The molecule has 1 rings (SSSR count). The van der Waals surface area contributed by atoms with Gasteiger partial charge in [-0.1, -0.05) is 6.08 Å². The molecule has 1 aromatic rings. The van der Waals surface area contributed by atoms with Crippen LogP contribution in [0.1, 0.15) is 5.56 Å². The SMILES string of the molecule is C=CCc1cc(OC)c(OCCO)cc1N. The summed E-state index contributed by atoms with van der Waals surface area (Å²) in [5, 5.41) is 8.69. The molecule has 0 aliphatic carbocycles. The first-order chi connectivity index (χ1) is 7.72. The number of methoxy groups -OCH3 is 1. The van der Waals surface area contributed by atoms with Gasteiger partial charge < -0.3 is 20.3 Å². The Bertz CT molecular complexity index is 364. The number of anilines is 1. The molecule has 0 aliphatic rings. The molecule has 88 valence electrons. The lowest BCUT2D eigenvalue weighted by molar-refractivity contribution is 0.196. The van der Waals surface area contributed by atoms with Gasteiger partial charge in [0.25, 0.3) is 0 Å². The Morgan fingerprint density at radius 1 is 1.44 bits per heavy atom. The van der Waals surface area contributed by atoms with Gasteiger partial charge in [-0.2, -0.15) is 0 Å². The summed E-state index contributed by atoms with van der Waals surface area (Å²) in [6.07, 6.45) is 2.46. The third-order valence-electron chi connectivity index (χ3n) is 2.14. The minimum Gasteiger partial charge on any atom is -0.493 e. The first-order valence-corrected chi connectivity index (χ1v) is 5.03. The van der Waals surface area contributed by atoms with Gasteiger partial charge in [0.05, 0.1) is 13.7 Å². The van der Waals surface area contributed by atoms with Gasteiger partial charge in [0.2, 0.25) is 0 Å². The van der Waals surface area contributed by atoms with Crippen LogP contribution in [0.2, 0.25) is 0 Å². The molecule has 0 amide bonds. The minimum absolute atomic E-state index is 0.0442. The lowest BCUT2D eigenvalue weighted by Gasteiger charge is -2.13. The van der Waals surface area contributed by atoms with E-state index in [1.165, 1.54) is 0 Å². The molecular weight excluding hydrogens is 206 g/mol. The molecule has 4 heteroatoms. The summed E-state index contributed by atoms with van der Waals surface area (Å²) in [7, 11) is 1.56. The summed E-state index contributed by atoms with van der Waals surface area (Å²) in [4.78, 5) is 0. The Kier molecular flexibility index (Phi) is 4.66. The molecule has 16 heavy (non-hydrogen) atoms. The second-order valence-corrected chi connectivity index (χ2v) is 3.27. The molecule has 0 atom stereocenters. The van der Waals surface area contributed by atoms with Crippen molar-refractivity contribution in [2.45, 2.75) is 6.42 Å². The first-order valence-electron chi connectivity index (χ1n) is 5.03. The van der Waals surface area contributed by atoms with Crippen LogP contribution in [0.15, 0.2) is 24.8 Å². The third kappa shape index (κ3) is 2.90. The first kappa shape index (κ1) is 12.4. The van der Waals surface area contributed by atoms with Crippen LogP contribution in [0.25, 0.3) is 0 Å². The van der Waals surface area contributed by atoms with Gasteiger partial charge >= 0.3 is 0 Å². The molecule has 0 fully saturated rings. The van der Waals surface area contributed by atoms with Crippen LogP contribution >= 0.6 is 0 Å². The van der Waals surface area contributed by atoms with Gasteiger partial charge in [-0.25, -0.2) is 0 Å². The van der Waals surface area contributed by atoms with E-state index in [1.54, 1.807) is 19.3 Å². The monoisotopic (exact) mass is 223 g/mol. The number of ether oxygens (including phenoxy) is 2. The summed E-state index contributed by atoms with van der Waals surface area (Å²) in [6, 6.07) is 3.52. The standard InChI is InChI=1S/C12H17NO3/c1-3-4-9-7-11(15-2)12(8-10(9)13)16-6-5-14/h3,7-8,14H,1,4-6,13H2,2H3. The molecule has 0 bridgehead atoms. The number of hydrogen-bond donors (Lipinski definition) is 2. The van der Waals surface area contributed by atoms with Crippen LogP contribution in [-0.2, 0) is 6.42 Å². The van der Waals surface area contributed by atoms with E-state index < -0.39 is 0 Å². The maximum atomic E-state index is 8.69. The number of nitrogens with two attached hydrogens (primary N) is 1. The highest BCUT2D eigenvalue weighted by molar-refractivity contribution is 5.58. The maximum Gasteiger partial charge on any atom is 0.163 e. The highest BCUT2D eigenvalue weighted by atomic mass is 16.5. The quantitative estimate of drug-likeness (QED) is 0.565. The fraction of sp³-hybridized carbons (Fsp3) is 0.333. The van der Waals surface area contributed by atoms with Crippen LogP contribution in [0.5, 0.6) is 11.5 Å². The fourth-order valence-electron chi connectivity index (χ4n) is 1.38. The molecule has 0 spiro atoms. The van der Waals surface area contributed by atoms with E-state index in [2.05, 4.69) is 6.58 Å². The molecule has 0 saturated carbocycles. The maximum absolute atomic E-state index is 8.69. The van der Waals surface area contributed by atoms with Gasteiger partial charge in [-0.15, -0.1) is 6.58 Å². The fourth-order valence-corrected chi connectivity index (χ4v) is 1.38. The van der Waals surface area contributed by atoms with Crippen molar-refractivity contribution in [1.82, 2.24) is 0 Å². The van der Waals surface area contributed by atoms with E-state index in [1.807, 2.05) is 6.07 Å². The van der Waals surface area contributed by atoms with Crippen molar-refractivity contribution in [3.63, 3.8) is 0 Å². The number of hydrogen-bond acceptors (Lipinski definition) is 4. The van der Waals surface area contributed by atoms with E-state index in [9.17, 15) is 0 Å². The van der Waals surface area contributed by atoms with E-state index >= 15 is 0 Å². The molecule has 3 N–H and O–H groups in total. The molecule has 1 aromatic carbocycles. The molecule has 0 aliphatic heterocycles. The zero-order valence-electron chi connectivity index (χ0n) is 9.40. The Labute approximate surface area is 95.3 Å². The van der Waals surface area contributed by atoms with Gasteiger partial charge in [-0.05, 0) is 18.1 Å². The van der Waals surface area contributed by atoms with Crippen LogP contribution in [0, 0.1) is 0 Å². The van der Waals surface area contributed by atoms with E-state index in [0.29, 0.717) is 23.6 Å². The van der Waals surface area contributed by atoms with E-state index in [4.69, 9.17) is 20.3 Å². The van der Waals surface area contributed by atoms with Gasteiger partial charge in [0.15, 0.2) is 11.5 Å². The van der Waals surface area contributed by atoms with Gasteiger partial charge in [-0.3, -0.25) is 0 Å². The molecule has 0 unspecified atom stereocenters. The topological polar surface area (TPSA) is 64.7 Å². The van der Waals surface area contributed by atoms with E-state index in [0.717, 1.165) is 5.56 Å². The van der Waals surface area contributed by atoms with Crippen molar-refractivity contribution in [2.75, 3.05) is 26.1 Å². The minimum atomic E-state index is -0.0442. The lowest BCUT2D eigenvalue weighted by atomic mass is 10.1. The summed E-state index contributed by atoms with van der Waals surface area (Å²) in [5.41, 5.74) is 7.44. The molecular formula is C12H17NO3. The summed E-state index contributed by atoms with van der Waals surface area (Å²) >= 11 is 0. The normalized spacial score (nSPS) is 9.88. The smallest absolute Gasteiger partial charge is 0.163 e. The number of aliphatic hydroxyl groups excluding tert-OH is 1. The molecule has 0 heterocycles. The van der Waals surface area contributed by atoms with Crippen molar-refractivity contribution < 1.29 is 14.6 Å². The molecule has 0 saturated heterocycles. The molecule has 0 radical (unpaired) electrons. The zero-order valence-corrected chi connectivity index (χ0v) is 9.40. The highest BCUT2D eigenvalue weighted by Gasteiger charge is 2.08. The van der Waals surface area contributed by atoms with Crippen molar-refractivity contribution in [3.05, 3.63) is 30.4 Å². The predicted octanol–water partition coefficient (Wildman–Crippen LogP) is 1.38. The van der Waals surface area contributed by atoms with Crippen molar-refractivity contribution in [2.24, 2.45) is 0 Å². The predicted molar refractivity (Wildman–Crippen MR) is 63.9 cm³/mol. The number of benzene rings is 1. The number of aliphatic hydroxyl groups is 1. The largest absolute Gasteiger partial charge is 0.493 e. The number of nitrogen functional groups attached to an aromatic ring is 1. The van der Waals surface area contributed by atoms with Crippen molar-refractivity contribution >= 4 is 5.69 Å². The van der Waals surface area contributed by atoms with Crippen LogP contribution in [0.3, 0.4) is 0 Å². The van der Waals surface area contributed by atoms with Crippen molar-refractivity contribution in [1.29, 1.82) is 0 Å². The lowest BCUT2D eigenvalue weighted by Crippen LogP contribution is -2.04. The Morgan fingerprint density at radius 2 is 2.19 bits per heavy atom. The average Bonchev–Trinajstić information content (AvgIpc) is 2.29. The highest BCUT2D eigenvalue weighted by Crippen LogP contribution is 2.32.